The zero-order chi connectivity index (χ0) is 13.1. The molecule has 0 unspecified atom stereocenters. The topological polar surface area (TPSA) is 86.3 Å². The number of aliphatic hydroxyl groups excluding tert-OH is 1. The number of sulfonamides is 1. The van der Waals surface area contributed by atoms with Crippen molar-refractivity contribution < 1.29 is 13.5 Å². The molecule has 0 saturated heterocycles. The van der Waals surface area contributed by atoms with Crippen molar-refractivity contribution in [3.05, 3.63) is 11.4 Å². The molecule has 98 valence electrons. The summed E-state index contributed by atoms with van der Waals surface area (Å²) < 4.78 is 26.1. The minimum absolute atomic E-state index is 0.0185. The number of aryl methyl sites for hydroxylation is 2. The van der Waals surface area contributed by atoms with Crippen molar-refractivity contribution in [2.24, 2.45) is 0 Å². The molecule has 0 amide bonds. The number of nitrogens with zero attached hydrogens (tertiary/aromatic N) is 2. The predicted molar refractivity (Wildman–Crippen MR) is 64.2 cm³/mol. The molecule has 0 aliphatic heterocycles. The molecule has 1 heterocycles. The van der Waals surface area contributed by atoms with E-state index >= 15 is 0 Å². The molecule has 0 fully saturated rings. The molecule has 1 rings (SSSR count). The monoisotopic (exact) mass is 261 g/mol. The van der Waals surface area contributed by atoms with Crippen molar-refractivity contribution in [2.75, 3.05) is 19.7 Å². The first kappa shape index (κ1) is 14.1. The van der Waals surface area contributed by atoms with Gasteiger partial charge in [-0.15, -0.1) is 0 Å². The summed E-state index contributed by atoms with van der Waals surface area (Å²) >= 11 is 0. The lowest BCUT2D eigenvalue weighted by Crippen LogP contribution is -2.32. The molecule has 0 radical (unpaired) electrons. The Morgan fingerprint density at radius 3 is 2.47 bits per heavy atom. The van der Waals surface area contributed by atoms with Crippen molar-refractivity contribution in [2.45, 2.75) is 32.1 Å². The molecule has 1 aromatic rings. The van der Waals surface area contributed by atoms with Crippen molar-refractivity contribution in [3.63, 3.8) is 0 Å². The third kappa shape index (κ3) is 2.85. The Balaban J connectivity index is 3.09. The van der Waals surface area contributed by atoms with E-state index in [0.29, 0.717) is 30.9 Å². The van der Waals surface area contributed by atoms with E-state index in [2.05, 4.69) is 10.2 Å². The van der Waals surface area contributed by atoms with Crippen LogP contribution >= 0.6 is 0 Å². The van der Waals surface area contributed by atoms with Gasteiger partial charge in [-0.2, -0.15) is 9.40 Å². The highest BCUT2D eigenvalue weighted by Crippen LogP contribution is 2.21. The Morgan fingerprint density at radius 2 is 2.06 bits per heavy atom. The highest BCUT2D eigenvalue weighted by molar-refractivity contribution is 7.89. The minimum atomic E-state index is -3.51. The lowest BCUT2D eigenvalue weighted by molar-refractivity contribution is 0.271. The number of aromatic nitrogens is 2. The third-order valence-electron chi connectivity index (χ3n) is 2.58. The largest absolute Gasteiger partial charge is 0.396 e. The average molecular weight is 261 g/mol. The average Bonchev–Trinajstić information content (AvgIpc) is 2.59. The molecular formula is C10H19N3O3S. The zero-order valence-corrected chi connectivity index (χ0v) is 11.2. The summed E-state index contributed by atoms with van der Waals surface area (Å²) in [7, 11) is -3.51. The van der Waals surface area contributed by atoms with Gasteiger partial charge >= 0.3 is 0 Å². The highest BCUT2D eigenvalue weighted by atomic mass is 32.2. The van der Waals surface area contributed by atoms with E-state index in [0.717, 1.165) is 0 Å². The van der Waals surface area contributed by atoms with Crippen molar-refractivity contribution in [1.82, 2.24) is 14.5 Å². The molecule has 0 aliphatic rings. The number of hydrogen-bond acceptors (Lipinski definition) is 4. The fourth-order valence-corrected chi connectivity index (χ4v) is 3.56. The number of nitrogens with one attached hydrogen (secondary N) is 1. The predicted octanol–water partition coefficient (Wildman–Crippen LogP) is 0.420. The van der Waals surface area contributed by atoms with E-state index in [9.17, 15) is 8.42 Å². The van der Waals surface area contributed by atoms with Crippen LogP contribution in [-0.4, -0.2) is 47.7 Å². The van der Waals surface area contributed by atoms with Gasteiger partial charge in [0.15, 0.2) is 0 Å². The first-order valence-corrected chi connectivity index (χ1v) is 7.01. The maximum atomic E-state index is 12.4. The Labute approximate surface area is 102 Å². The summed E-state index contributed by atoms with van der Waals surface area (Å²) in [4.78, 5) is 0.247. The molecule has 0 saturated carbocycles. The van der Waals surface area contributed by atoms with Crippen molar-refractivity contribution in [1.29, 1.82) is 0 Å². The van der Waals surface area contributed by atoms with Gasteiger partial charge in [0, 0.05) is 19.7 Å². The summed E-state index contributed by atoms with van der Waals surface area (Å²) in [5.74, 6) is 0. The van der Waals surface area contributed by atoms with Gasteiger partial charge < -0.3 is 5.11 Å². The fraction of sp³-hybridized carbons (Fsp3) is 0.700. The van der Waals surface area contributed by atoms with Crippen LogP contribution in [-0.2, 0) is 10.0 Å². The summed E-state index contributed by atoms with van der Waals surface area (Å²) in [6.45, 7) is 5.81. The van der Waals surface area contributed by atoms with Crippen LogP contribution < -0.4 is 0 Å². The van der Waals surface area contributed by atoms with Gasteiger partial charge in [0.25, 0.3) is 0 Å². The number of aromatic amines is 1. The van der Waals surface area contributed by atoms with Crippen LogP contribution in [0, 0.1) is 13.8 Å². The molecule has 17 heavy (non-hydrogen) atoms. The lowest BCUT2D eigenvalue weighted by atomic mass is 10.4. The first-order valence-electron chi connectivity index (χ1n) is 5.57. The van der Waals surface area contributed by atoms with Crippen LogP contribution in [0.15, 0.2) is 4.90 Å². The van der Waals surface area contributed by atoms with Crippen LogP contribution in [0.1, 0.15) is 24.7 Å². The van der Waals surface area contributed by atoms with E-state index in [1.165, 1.54) is 4.31 Å². The van der Waals surface area contributed by atoms with Crippen LogP contribution in [0.4, 0.5) is 0 Å². The van der Waals surface area contributed by atoms with Crippen LogP contribution in [0.3, 0.4) is 0 Å². The first-order chi connectivity index (χ1) is 7.95. The molecule has 2 N–H and O–H groups in total. The molecule has 0 atom stereocenters. The number of aliphatic hydroxyl groups is 1. The van der Waals surface area contributed by atoms with Crippen LogP contribution in [0.2, 0.25) is 0 Å². The second-order valence-electron chi connectivity index (χ2n) is 3.84. The normalized spacial score (nSPS) is 12.3. The molecule has 0 spiro atoms. The van der Waals surface area contributed by atoms with E-state index in [1.54, 1.807) is 20.8 Å². The minimum Gasteiger partial charge on any atom is -0.396 e. The van der Waals surface area contributed by atoms with Gasteiger partial charge in [-0.3, -0.25) is 5.10 Å². The molecule has 0 bridgehead atoms. The molecule has 6 nitrogen and oxygen atoms in total. The third-order valence-corrected chi connectivity index (χ3v) is 4.81. The highest BCUT2D eigenvalue weighted by Gasteiger charge is 2.28. The van der Waals surface area contributed by atoms with Gasteiger partial charge in [-0.05, 0) is 20.3 Å². The van der Waals surface area contributed by atoms with E-state index < -0.39 is 10.0 Å². The van der Waals surface area contributed by atoms with Gasteiger partial charge in [0.05, 0.1) is 11.4 Å². The fourth-order valence-electron chi connectivity index (χ4n) is 1.75. The molecule has 7 heteroatoms. The number of hydrogen-bond donors (Lipinski definition) is 2. The van der Waals surface area contributed by atoms with Crippen LogP contribution in [0.5, 0.6) is 0 Å². The lowest BCUT2D eigenvalue weighted by Gasteiger charge is -2.20. The molecule has 0 aromatic carbocycles. The van der Waals surface area contributed by atoms with E-state index in [-0.39, 0.29) is 11.5 Å². The van der Waals surface area contributed by atoms with Crippen molar-refractivity contribution in [3.8, 4) is 0 Å². The second kappa shape index (κ2) is 5.61. The van der Waals surface area contributed by atoms with Gasteiger partial charge in [0.2, 0.25) is 10.0 Å². The summed E-state index contributed by atoms with van der Waals surface area (Å²) in [5, 5.41) is 15.3. The Kier molecular flexibility index (Phi) is 4.67. The van der Waals surface area contributed by atoms with Gasteiger partial charge in [0.1, 0.15) is 4.90 Å². The zero-order valence-electron chi connectivity index (χ0n) is 10.4. The Morgan fingerprint density at radius 1 is 1.41 bits per heavy atom. The van der Waals surface area contributed by atoms with E-state index in [1.807, 2.05) is 0 Å². The van der Waals surface area contributed by atoms with Crippen LogP contribution in [0.25, 0.3) is 0 Å². The number of rotatable bonds is 6. The Hall–Kier alpha value is -0.920. The summed E-state index contributed by atoms with van der Waals surface area (Å²) in [5.41, 5.74) is 1.02. The molecular weight excluding hydrogens is 242 g/mol. The molecule has 0 aliphatic carbocycles. The SMILES string of the molecule is CCN(CCCO)S(=O)(=O)c1c(C)n[nH]c1C. The van der Waals surface area contributed by atoms with Crippen molar-refractivity contribution >= 4 is 10.0 Å². The smallest absolute Gasteiger partial charge is 0.246 e. The number of H-pyrrole nitrogens is 1. The van der Waals surface area contributed by atoms with Gasteiger partial charge in [-0.25, -0.2) is 8.42 Å². The maximum absolute atomic E-state index is 12.4. The van der Waals surface area contributed by atoms with Gasteiger partial charge in [-0.1, -0.05) is 6.92 Å². The van der Waals surface area contributed by atoms with E-state index in [4.69, 9.17) is 5.11 Å². The summed E-state index contributed by atoms with van der Waals surface area (Å²) in [6.07, 6.45) is 0.434. The quantitative estimate of drug-likeness (QED) is 0.777. The second-order valence-corrected chi connectivity index (χ2v) is 5.71. The summed E-state index contributed by atoms with van der Waals surface area (Å²) in [6, 6.07) is 0. The Bertz CT molecular complexity index is 448. The maximum Gasteiger partial charge on any atom is 0.246 e. The standard InChI is InChI=1S/C10H19N3O3S/c1-4-13(6-5-7-14)17(15,16)10-8(2)11-12-9(10)3/h14H,4-7H2,1-3H3,(H,11,12). The molecule has 1 aromatic heterocycles.